The van der Waals surface area contributed by atoms with Crippen LogP contribution in [0.25, 0.3) is 0 Å². The third kappa shape index (κ3) is 2.72. The summed E-state index contributed by atoms with van der Waals surface area (Å²) in [4.78, 5) is 14.1. The van der Waals surface area contributed by atoms with Crippen molar-refractivity contribution in [1.82, 2.24) is 4.90 Å². The number of benzene rings is 1. The lowest BCUT2D eigenvalue weighted by Gasteiger charge is -2.31. The van der Waals surface area contributed by atoms with Gasteiger partial charge >= 0.3 is 0 Å². The topological polar surface area (TPSA) is 40.5 Å². The van der Waals surface area contributed by atoms with E-state index in [2.05, 4.69) is 0 Å². The lowest BCUT2D eigenvalue weighted by atomic mass is 10.0. The first kappa shape index (κ1) is 13.1. The fourth-order valence-electron chi connectivity index (χ4n) is 2.62. The SMILES string of the molecule is Cc1ccc(CC(=O)N2CC(O)CC2(C)C)cc1. The fraction of sp³-hybridized carbons (Fsp3) is 0.533. The Morgan fingerprint density at radius 2 is 2.00 bits per heavy atom. The molecule has 2 rings (SSSR count). The second kappa shape index (κ2) is 4.73. The third-order valence-corrected chi connectivity index (χ3v) is 3.64. The van der Waals surface area contributed by atoms with Gasteiger partial charge in [0.25, 0.3) is 0 Å². The molecule has 1 unspecified atom stereocenters. The number of β-amino-alcohol motifs (C(OH)–C–C–N with tert-alkyl or cyclic N) is 1. The molecule has 18 heavy (non-hydrogen) atoms. The van der Waals surface area contributed by atoms with Crippen LogP contribution in [0, 0.1) is 6.92 Å². The molecule has 3 nitrogen and oxygen atoms in total. The molecule has 0 aromatic heterocycles. The van der Waals surface area contributed by atoms with E-state index in [-0.39, 0.29) is 17.6 Å². The molecule has 1 aliphatic heterocycles. The highest BCUT2D eigenvalue weighted by Gasteiger charge is 2.39. The number of hydrogen-bond donors (Lipinski definition) is 1. The number of hydrogen-bond acceptors (Lipinski definition) is 2. The number of aliphatic hydroxyl groups is 1. The van der Waals surface area contributed by atoms with Crippen molar-refractivity contribution in [3.8, 4) is 0 Å². The Kier molecular flexibility index (Phi) is 3.44. The Bertz CT molecular complexity index is 436. The van der Waals surface area contributed by atoms with E-state index in [0.29, 0.717) is 19.4 Å². The molecule has 1 aromatic carbocycles. The van der Waals surface area contributed by atoms with Crippen LogP contribution in [0.4, 0.5) is 0 Å². The molecule has 0 spiro atoms. The minimum Gasteiger partial charge on any atom is -0.391 e. The van der Waals surface area contributed by atoms with Crippen LogP contribution in [0.5, 0.6) is 0 Å². The maximum Gasteiger partial charge on any atom is 0.227 e. The van der Waals surface area contributed by atoms with Crippen LogP contribution in [0.3, 0.4) is 0 Å². The average Bonchev–Trinajstić information content (AvgIpc) is 2.55. The average molecular weight is 247 g/mol. The normalized spacial score (nSPS) is 22.2. The molecule has 0 aliphatic carbocycles. The van der Waals surface area contributed by atoms with E-state index in [0.717, 1.165) is 5.56 Å². The molecule has 1 saturated heterocycles. The molecule has 1 heterocycles. The minimum absolute atomic E-state index is 0.0976. The van der Waals surface area contributed by atoms with Crippen molar-refractivity contribution in [2.75, 3.05) is 6.54 Å². The van der Waals surface area contributed by atoms with E-state index in [1.807, 2.05) is 45.0 Å². The van der Waals surface area contributed by atoms with Crippen molar-refractivity contribution < 1.29 is 9.90 Å². The summed E-state index contributed by atoms with van der Waals surface area (Å²) in [5.74, 6) is 0.0976. The minimum atomic E-state index is -0.387. The van der Waals surface area contributed by atoms with Crippen molar-refractivity contribution in [1.29, 1.82) is 0 Å². The predicted molar refractivity (Wildman–Crippen MR) is 71.3 cm³/mol. The summed E-state index contributed by atoms with van der Waals surface area (Å²) in [6, 6.07) is 8.03. The van der Waals surface area contributed by atoms with Crippen LogP contribution in [0.1, 0.15) is 31.4 Å². The van der Waals surface area contributed by atoms with Gasteiger partial charge in [0.1, 0.15) is 0 Å². The number of rotatable bonds is 2. The van der Waals surface area contributed by atoms with E-state index < -0.39 is 0 Å². The summed E-state index contributed by atoms with van der Waals surface area (Å²) >= 11 is 0. The standard InChI is InChI=1S/C15H21NO2/c1-11-4-6-12(7-5-11)8-14(18)16-10-13(17)9-15(16,2)3/h4-7,13,17H,8-10H2,1-3H3. The molecule has 1 aliphatic rings. The van der Waals surface area contributed by atoms with Crippen molar-refractivity contribution >= 4 is 5.91 Å². The molecule has 1 atom stereocenters. The molecule has 98 valence electrons. The zero-order valence-corrected chi connectivity index (χ0v) is 11.3. The summed E-state index contributed by atoms with van der Waals surface area (Å²) in [6.07, 6.45) is 0.685. The van der Waals surface area contributed by atoms with Crippen molar-refractivity contribution in [3.63, 3.8) is 0 Å². The fourth-order valence-corrected chi connectivity index (χ4v) is 2.62. The molecular formula is C15H21NO2. The number of aliphatic hydroxyl groups excluding tert-OH is 1. The number of amides is 1. The Morgan fingerprint density at radius 1 is 1.39 bits per heavy atom. The summed E-state index contributed by atoms with van der Waals surface area (Å²) in [6.45, 7) is 6.51. The zero-order chi connectivity index (χ0) is 13.3. The van der Waals surface area contributed by atoms with Gasteiger partial charge in [0.05, 0.1) is 12.5 Å². The van der Waals surface area contributed by atoms with Crippen LogP contribution < -0.4 is 0 Å². The van der Waals surface area contributed by atoms with Crippen molar-refractivity contribution in [2.45, 2.75) is 45.3 Å². The van der Waals surface area contributed by atoms with E-state index >= 15 is 0 Å². The largest absolute Gasteiger partial charge is 0.391 e. The smallest absolute Gasteiger partial charge is 0.227 e. The lowest BCUT2D eigenvalue weighted by Crippen LogP contribution is -2.43. The van der Waals surface area contributed by atoms with Crippen LogP contribution >= 0.6 is 0 Å². The number of likely N-dealkylation sites (tertiary alicyclic amines) is 1. The molecule has 3 heteroatoms. The molecule has 0 saturated carbocycles. The predicted octanol–water partition coefficient (Wildman–Crippen LogP) is 1.91. The van der Waals surface area contributed by atoms with Crippen molar-refractivity contribution in [3.05, 3.63) is 35.4 Å². The van der Waals surface area contributed by atoms with Crippen LogP contribution in [-0.2, 0) is 11.2 Å². The van der Waals surface area contributed by atoms with Crippen LogP contribution in [0.2, 0.25) is 0 Å². The Labute approximate surface area is 108 Å². The van der Waals surface area contributed by atoms with Gasteiger partial charge in [0.2, 0.25) is 5.91 Å². The van der Waals surface area contributed by atoms with Gasteiger partial charge in [-0.1, -0.05) is 29.8 Å². The quantitative estimate of drug-likeness (QED) is 0.867. The van der Waals surface area contributed by atoms with Gasteiger partial charge < -0.3 is 10.0 Å². The van der Waals surface area contributed by atoms with Crippen molar-refractivity contribution in [2.24, 2.45) is 0 Å². The van der Waals surface area contributed by atoms with Gasteiger partial charge in [-0.3, -0.25) is 4.79 Å². The number of carbonyl (C=O) groups excluding carboxylic acids is 1. The molecular weight excluding hydrogens is 226 g/mol. The molecule has 1 fully saturated rings. The van der Waals surface area contributed by atoms with Gasteiger partial charge in [-0.25, -0.2) is 0 Å². The molecule has 0 radical (unpaired) electrons. The number of nitrogens with zero attached hydrogens (tertiary/aromatic N) is 1. The Balaban J connectivity index is 2.06. The summed E-state index contributed by atoms with van der Waals surface area (Å²) in [5, 5.41) is 9.69. The second-order valence-electron chi connectivity index (χ2n) is 5.84. The summed E-state index contributed by atoms with van der Waals surface area (Å²) in [7, 11) is 0. The Hall–Kier alpha value is -1.35. The summed E-state index contributed by atoms with van der Waals surface area (Å²) < 4.78 is 0. The van der Waals surface area contributed by atoms with E-state index in [1.54, 1.807) is 4.90 Å². The number of carbonyl (C=O) groups is 1. The van der Waals surface area contributed by atoms with Gasteiger partial charge in [-0.05, 0) is 32.8 Å². The molecule has 1 amide bonds. The van der Waals surface area contributed by atoms with Gasteiger partial charge in [-0.15, -0.1) is 0 Å². The van der Waals surface area contributed by atoms with E-state index in [9.17, 15) is 9.90 Å². The van der Waals surface area contributed by atoms with Crippen LogP contribution in [-0.4, -0.2) is 34.1 Å². The third-order valence-electron chi connectivity index (χ3n) is 3.64. The maximum absolute atomic E-state index is 12.3. The van der Waals surface area contributed by atoms with Gasteiger partial charge in [-0.2, -0.15) is 0 Å². The first-order valence-corrected chi connectivity index (χ1v) is 6.42. The van der Waals surface area contributed by atoms with Gasteiger partial charge in [0, 0.05) is 12.1 Å². The van der Waals surface area contributed by atoms with Gasteiger partial charge in [0.15, 0.2) is 0 Å². The Morgan fingerprint density at radius 3 is 2.50 bits per heavy atom. The monoisotopic (exact) mass is 247 g/mol. The van der Waals surface area contributed by atoms with E-state index in [1.165, 1.54) is 5.56 Å². The highest BCUT2D eigenvalue weighted by atomic mass is 16.3. The molecule has 0 bridgehead atoms. The summed E-state index contributed by atoms with van der Waals surface area (Å²) in [5.41, 5.74) is 1.99. The lowest BCUT2D eigenvalue weighted by molar-refractivity contribution is -0.133. The van der Waals surface area contributed by atoms with E-state index in [4.69, 9.17) is 0 Å². The highest BCUT2D eigenvalue weighted by Crippen LogP contribution is 2.29. The first-order chi connectivity index (χ1) is 8.38. The maximum atomic E-state index is 12.3. The zero-order valence-electron chi connectivity index (χ0n) is 11.3. The second-order valence-corrected chi connectivity index (χ2v) is 5.84. The van der Waals surface area contributed by atoms with Crippen LogP contribution in [0.15, 0.2) is 24.3 Å². The molecule has 1 aromatic rings. The highest BCUT2D eigenvalue weighted by molar-refractivity contribution is 5.80. The number of aryl methyl sites for hydroxylation is 1. The first-order valence-electron chi connectivity index (χ1n) is 6.42. The molecule has 1 N–H and O–H groups in total.